The molecule has 0 aliphatic carbocycles. The second-order valence-electron chi connectivity index (χ2n) is 6.96. The molecule has 30 heavy (non-hydrogen) atoms. The molecule has 0 fully saturated rings. The van der Waals surface area contributed by atoms with E-state index in [0.717, 1.165) is 0 Å². The summed E-state index contributed by atoms with van der Waals surface area (Å²) in [6, 6.07) is 32.3. The van der Waals surface area contributed by atoms with Crippen molar-refractivity contribution >= 4 is 56.2 Å². The zero-order valence-electron chi connectivity index (χ0n) is 17.8. The highest BCUT2D eigenvalue weighted by atomic mass is 35.7. The Morgan fingerprint density at radius 2 is 0.867 bits per heavy atom. The van der Waals surface area contributed by atoms with Crippen molar-refractivity contribution in [2.45, 2.75) is 38.2 Å². The Morgan fingerprint density at radius 1 is 0.667 bits per heavy atom. The van der Waals surface area contributed by atoms with Gasteiger partial charge in [0.25, 0.3) is 0 Å². The van der Waals surface area contributed by atoms with Crippen molar-refractivity contribution in [2.75, 3.05) is 0 Å². The topological polar surface area (TPSA) is 34.1 Å². The van der Waals surface area contributed by atoms with E-state index in [4.69, 9.17) is 10.7 Å². The van der Waals surface area contributed by atoms with Gasteiger partial charge in [0.1, 0.15) is 0 Å². The van der Waals surface area contributed by atoms with Gasteiger partial charge in [-0.25, -0.2) is 8.42 Å². The van der Waals surface area contributed by atoms with E-state index in [-0.39, 0.29) is 0 Å². The lowest BCUT2D eigenvalue weighted by molar-refractivity contribution is 0.601. The maximum absolute atomic E-state index is 10.1. The van der Waals surface area contributed by atoms with E-state index in [9.17, 15) is 8.42 Å². The number of benzene rings is 3. The molecule has 3 rings (SSSR count). The molecule has 0 aliphatic rings. The average molecular weight is 481 g/mol. The lowest BCUT2D eigenvalue weighted by Gasteiger charge is -2.18. The van der Waals surface area contributed by atoms with Gasteiger partial charge >= 0.3 is 0 Å². The molecule has 0 amide bonds. The van der Waals surface area contributed by atoms with Crippen LogP contribution in [0.5, 0.6) is 0 Å². The molecule has 6 heteroatoms. The number of rotatable bonds is 4. The first-order chi connectivity index (χ1) is 14.1. The van der Waals surface area contributed by atoms with Crippen molar-refractivity contribution in [1.82, 2.24) is 0 Å². The summed E-state index contributed by atoms with van der Waals surface area (Å²) in [7, 11) is 1.13. The van der Waals surface area contributed by atoms with Crippen LogP contribution in [0.3, 0.4) is 0 Å². The quantitative estimate of drug-likeness (QED) is 0.294. The van der Waals surface area contributed by atoms with Crippen LogP contribution >= 0.6 is 31.2 Å². The third-order valence-electron chi connectivity index (χ3n) is 3.61. The molecule has 0 bridgehead atoms. The Balaban J connectivity index is 0.000000343. The van der Waals surface area contributed by atoms with E-state index in [0.29, 0.717) is 5.25 Å². The van der Waals surface area contributed by atoms with Crippen LogP contribution in [0.2, 0.25) is 0 Å². The second kappa shape index (κ2) is 13.9. The van der Waals surface area contributed by atoms with Gasteiger partial charge in [0.2, 0.25) is 9.05 Å². The summed E-state index contributed by atoms with van der Waals surface area (Å²) in [4.78, 5) is 0. The number of hydrogen-bond acceptors (Lipinski definition) is 3. The molecule has 0 saturated heterocycles. The van der Waals surface area contributed by atoms with Crippen molar-refractivity contribution in [3.8, 4) is 0 Å². The highest BCUT2D eigenvalue weighted by Gasteiger charge is 2.15. The van der Waals surface area contributed by atoms with Gasteiger partial charge in [-0.3, -0.25) is 0 Å². The first kappa shape index (κ1) is 26.7. The minimum absolute atomic E-state index is 0.446. The summed E-state index contributed by atoms with van der Waals surface area (Å²) >= 11 is 3.97. The fourth-order valence-corrected chi connectivity index (χ4v) is 4.48. The van der Waals surface area contributed by atoms with Crippen LogP contribution < -0.4 is 15.9 Å². The Kier molecular flexibility index (Phi) is 12.4. The summed E-state index contributed by atoms with van der Waals surface area (Å²) in [5.41, 5.74) is 0. The molecule has 0 radical (unpaired) electrons. The first-order valence-corrected chi connectivity index (χ1v) is 13.9. The SMILES string of the molecule is CC(C)S.CC(C)S(=O)(=O)Cl.c1ccc(P(c2ccccc2)c2ccccc2)cc1. The maximum atomic E-state index is 10.1. The van der Waals surface area contributed by atoms with E-state index in [2.05, 4.69) is 104 Å². The molecular weight excluding hydrogens is 451 g/mol. The molecule has 0 aliphatic heterocycles. The lowest BCUT2D eigenvalue weighted by Crippen LogP contribution is -2.20. The van der Waals surface area contributed by atoms with Crippen LogP contribution in [0, 0.1) is 0 Å². The van der Waals surface area contributed by atoms with Gasteiger partial charge in [0, 0.05) is 10.7 Å². The number of thiol groups is 1. The van der Waals surface area contributed by atoms with Crippen molar-refractivity contribution in [3.63, 3.8) is 0 Å². The summed E-state index contributed by atoms with van der Waals surface area (Å²) in [5, 5.41) is 4.26. The summed E-state index contributed by atoms with van der Waals surface area (Å²) in [6.45, 7) is 7.12. The molecule has 3 aromatic rings. The van der Waals surface area contributed by atoms with E-state index in [1.807, 2.05) is 13.8 Å². The van der Waals surface area contributed by atoms with Crippen LogP contribution in [0.25, 0.3) is 0 Å². The molecule has 0 N–H and O–H groups in total. The van der Waals surface area contributed by atoms with Crippen molar-refractivity contribution in [1.29, 1.82) is 0 Å². The molecule has 0 spiro atoms. The fraction of sp³-hybridized carbons (Fsp3) is 0.250. The van der Waals surface area contributed by atoms with Crippen LogP contribution in [0.4, 0.5) is 0 Å². The summed E-state index contributed by atoms with van der Waals surface area (Å²) in [6.07, 6.45) is 0. The largest absolute Gasteiger partial charge is 0.234 e. The normalized spacial score (nSPS) is 10.8. The smallest absolute Gasteiger partial charge is 0.212 e. The molecule has 3 aromatic carbocycles. The number of halogens is 1. The number of hydrogen-bond donors (Lipinski definition) is 1. The average Bonchev–Trinajstić information content (AvgIpc) is 2.70. The lowest BCUT2D eigenvalue weighted by atomic mass is 10.4. The van der Waals surface area contributed by atoms with Crippen molar-refractivity contribution < 1.29 is 8.42 Å². The molecular formula is C24H30ClO2PS2. The highest BCUT2D eigenvalue weighted by Crippen LogP contribution is 2.32. The van der Waals surface area contributed by atoms with E-state index < -0.39 is 22.2 Å². The van der Waals surface area contributed by atoms with Gasteiger partial charge in [0.15, 0.2) is 0 Å². The van der Waals surface area contributed by atoms with Gasteiger partial charge in [-0.2, -0.15) is 12.6 Å². The molecule has 0 aromatic heterocycles. The maximum Gasteiger partial charge on any atom is 0.234 e. The summed E-state index contributed by atoms with van der Waals surface area (Å²) < 4.78 is 20.2. The van der Waals surface area contributed by atoms with Gasteiger partial charge < -0.3 is 0 Å². The van der Waals surface area contributed by atoms with Gasteiger partial charge in [0.05, 0.1) is 5.25 Å². The van der Waals surface area contributed by atoms with Crippen molar-refractivity contribution in [2.24, 2.45) is 0 Å². The van der Waals surface area contributed by atoms with Crippen LogP contribution in [0.1, 0.15) is 27.7 Å². The zero-order chi connectivity index (χ0) is 22.6. The van der Waals surface area contributed by atoms with Crippen LogP contribution in [-0.2, 0) is 9.05 Å². The Bertz CT molecular complexity index is 836. The Morgan fingerprint density at radius 3 is 1.03 bits per heavy atom. The monoisotopic (exact) mass is 480 g/mol. The standard InChI is InChI=1S/C18H15P.C3H7ClO2S.C3H8S/c1-4-10-16(11-5-1)19(17-12-6-2-7-13-17)18-14-8-3-9-15-18;1-3(2)7(4,5)6;1-3(2)4/h1-15H;3H,1-2H3;3-4H,1-2H3. The van der Waals surface area contributed by atoms with Crippen molar-refractivity contribution in [3.05, 3.63) is 91.0 Å². The molecule has 0 heterocycles. The third kappa shape index (κ3) is 10.6. The highest BCUT2D eigenvalue weighted by molar-refractivity contribution is 8.14. The van der Waals surface area contributed by atoms with E-state index in [1.165, 1.54) is 29.8 Å². The van der Waals surface area contributed by atoms with Gasteiger partial charge in [-0.15, -0.1) is 0 Å². The minimum Gasteiger partial charge on any atom is -0.212 e. The Hall–Kier alpha value is -1.32. The van der Waals surface area contributed by atoms with E-state index >= 15 is 0 Å². The fourth-order valence-electron chi connectivity index (χ4n) is 2.18. The minimum atomic E-state index is -3.27. The predicted molar refractivity (Wildman–Crippen MR) is 139 cm³/mol. The molecule has 0 saturated carbocycles. The van der Waals surface area contributed by atoms with Crippen LogP contribution in [0.15, 0.2) is 91.0 Å². The predicted octanol–water partition coefficient (Wildman–Crippen LogP) is 5.73. The molecule has 2 nitrogen and oxygen atoms in total. The van der Waals surface area contributed by atoms with E-state index in [1.54, 1.807) is 0 Å². The molecule has 0 unspecified atom stereocenters. The van der Waals surface area contributed by atoms with Crippen LogP contribution in [-0.4, -0.2) is 18.9 Å². The van der Waals surface area contributed by atoms with Gasteiger partial charge in [-0.05, 0) is 42.9 Å². The summed E-state index contributed by atoms with van der Waals surface area (Å²) in [5.74, 6) is 0. The Labute approximate surface area is 193 Å². The molecule has 162 valence electrons. The third-order valence-corrected chi connectivity index (χ3v) is 8.25. The molecule has 0 atom stereocenters. The van der Waals surface area contributed by atoms with Gasteiger partial charge in [-0.1, -0.05) is 105 Å². The first-order valence-electron chi connectivity index (χ1n) is 9.69. The second-order valence-corrected chi connectivity index (χ2v) is 13.4. The zero-order valence-corrected chi connectivity index (χ0v) is 21.2.